The summed E-state index contributed by atoms with van der Waals surface area (Å²) in [6, 6.07) is 21.9. The summed E-state index contributed by atoms with van der Waals surface area (Å²) in [7, 11) is 0. The van der Waals surface area contributed by atoms with Crippen molar-refractivity contribution < 1.29 is 4.79 Å². The fraction of sp³-hybridized carbons (Fsp3) is 0.458. The molecule has 1 amide bonds. The zero-order chi connectivity index (χ0) is 19.9. The summed E-state index contributed by atoms with van der Waals surface area (Å²) >= 11 is 0. The Morgan fingerprint density at radius 3 is 1.79 bits per heavy atom. The third-order valence-corrected chi connectivity index (χ3v) is 5.87. The van der Waals surface area contributed by atoms with Crippen LogP contribution in [0.25, 0.3) is 0 Å². The molecular weight excluding hydrogens is 346 g/mol. The first-order valence-corrected chi connectivity index (χ1v) is 10.5. The molecule has 1 aliphatic rings. The van der Waals surface area contributed by atoms with Crippen molar-refractivity contribution in [2.24, 2.45) is 0 Å². The largest absolute Gasteiger partial charge is 0.352 e. The van der Waals surface area contributed by atoms with Gasteiger partial charge in [-0.1, -0.05) is 67.6 Å². The molecule has 1 aliphatic heterocycles. The zero-order valence-corrected chi connectivity index (χ0v) is 17.3. The highest BCUT2D eigenvalue weighted by molar-refractivity contribution is 5.81. The number of carbonyl (C=O) groups is 1. The van der Waals surface area contributed by atoms with E-state index in [9.17, 15) is 4.79 Å². The molecule has 150 valence electrons. The fourth-order valence-corrected chi connectivity index (χ4v) is 3.90. The van der Waals surface area contributed by atoms with Crippen molar-refractivity contribution in [3.8, 4) is 0 Å². The molecule has 0 radical (unpaired) electrons. The van der Waals surface area contributed by atoms with Crippen LogP contribution in [0.4, 0.5) is 0 Å². The second-order valence-electron chi connectivity index (χ2n) is 7.79. The van der Waals surface area contributed by atoms with Gasteiger partial charge in [-0.05, 0) is 31.4 Å². The minimum Gasteiger partial charge on any atom is -0.352 e. The smallest absolute Gasteiger partial charge is 0.237 e. The minimum atomic E-state index is -0.0805. The maximum Gasteiger partial charge on any atom is 0.237 e. The molecule has 0 bridgehead atoms. The van der Waals surface area contributed by atoms with Crippen LogP contribution in [0.2, 0.25) is 0 Å². The molecule has 1 fully saturated rings. The monoisotopic (exact) mass is 379 g/mol. The van der Waals surface area contributed by atoms with Crippen molar-refractivity contribution in [3.63, 3.8) is 0 Å². The van der Waals surface area contributed by atoms with Crippen molar-refractivity contribution in [1.29, 1.82) is 0 Å². The van der Waals surface area contributed by atoms with Gasteiger partial charge < -0.3 is 5.32 Å². The first-order valence-electron chi connectivity index (χ1n) is 10.5. The molecule has 28 heavy (non-hydrogen) atoms. The van der Waals surface area contributed by atoms with E-state index in [4.69, 9.17) is 0 Å². The van der Waals surface area contributed by atoms with Crippen LogP contribution in [0, 0.1) is 0 Å². The van der Waals surface area contributed by atoms with Crippen molar-refractivity contribution in [2.45, 2.75) is 45.3 Å². The Balaban J connectivity index is 1.68. The molecular formula is C24H33N3O. The lowest BCUT2D eigenvalue weighted by Gasteiger charge is -2.41. The van der Waals surface area contributed by atoms with Crippen LogP contribution in [-0.4, -0.2) is 54.0 Å². The number of hydrogen-bond acceptors (Lipinski definition) is 3. The quantitative estimate of drug-likeness (QED) is 0.797. The van der Waals surface area contributed by atoms with E-state index in [1.807, 2.05) is 6.92 Å². The summed E-state index contributed by atoms with van der Waals surface area (Å²) in [6.07, 6.45) is 0.960. The lowest BCUT2D eigenvalue weighted by molar-refractivity contribution is -0.127. The summed E-state index contributed by atoms with van der Waals surface area (Å²) < 4.78 is 0. The maximum atomic E-state index is 12.5. The van der Waals surface area contributed by atoms with Gasteiger partial charge in [-0.2, -0.15) is 0 Å². The first kappa shape index (κ1) is 20.6. The fourth-order valence-electron chi connectivity index (χ4n) is 3.90. The third-order valence-electron chi connectivity index (χ3n) is 5.87. The van der Waals surface area contributed by atoms with E-state index in [0.29, 0.717) is 0 Å². The number of benzene rings is 2. The number of nitrogens with zero attached hydrogens (tertiary/aromatic N) is 2. The van der Waals surface area contributed by atoms with Gasteiger partial charge >= 0.3 is 0 Å². The van der Waals surface area contributed by atoms with E-state index in [-0.39, 0.29) is 24.0 Å². The van der Waals surface area contributed by atoms with Gasteiger partial charge in [0, 0.05) is 32.2 Å². The predicted octanol–water partition coefficient (Wildman–Crippen LogP) is 3.70. The van der Waals surface area contributed by atoms with Gasteiger partial charge in [0.05, 0.1) is 12.1 Å². The van der Waals surface area contributed by atoms with Crippen molar-refractivity contribution in [3.05, 3.63) is 71.8 Å². The average molecular weight is 380 g/mol. The van der Waals surface area contributed by atoms with Gasteiger partial charge in [-0.3, -0.25) is 14.6 Å². The van der Waals surface area contributed by atoms with Crippen LogP contribution in [0.15, 0.2) is 60.7 Å². The summed E-state index contributed by atoms with van der Waals surface area (Å²) in [6.45, 7) is 9.91. The van der Waals surface area contributed by atoms with E-state index in [1.165, 1.54) is 11.1 Å². The van der Waals surface area contributed by atoms with E-state index in [1.54, 1.807) is 0 Å². The van der Waals surface area contributed by atoms with Crippen molar-refractivity contribution in [1.82, 2.24) is 15.1 Å². The molecule has 4 nitrogen and oxygen atoms in total. The molecule has 0 saturated carbocycles. The Morgan fingerprint density at radius 1 is 0.857 bits per heavy atom. The molecule has 1 saturated heterocycles. The van der Waals surface area contributed by atoms with Crippen LogP contribution < -0.4 is 5.32 Å². The Hall–Kier alpha value is -2.17. The molecule has 0 spiro atoms. The highest BCUT2D eigenvalue weighted by atomic mass is 16.2. The van der Waals surface area contributed by atoms with Gasteiger partial charge in [0.2, 0.25) is 5.91 Å². The van der Waals surface area contributed by atoms with E-state index >= 15 is 0 Å². The highest BCUT2D eigenvalue weighted by Gasteiger charge is 2.30. The first-order chi connectivity index (χ1) is 13.6. The average Bonchev–Trinajstić information content (AvgIpc) is 2.75. The van der Waals surface area contributed by atoms with Crippen LogP contribution in [0.5, 0.6) is 0 Å². The molecule has 0 aliphatic carbocycles. The SMILES string of the molecule is CC[C@H](C)NC(=O)[C@@H](C)N1CCN(C(c2ccccc2)c2ccccc2)CC1. The van der Waals surface area contributed by atoms with E-state index < -0.39 is 0 Å². The summed E-state index contributed by atoms with van der Waals surface area (Å²) in [5, 5.41) is 3.12. The summed E-state index contributed by atoms with van der Waals surface area (Å²) in [5.41, 5.74) is 2.65. The lowest BCUT2D eigenvalue weighted by Crippen LogP contribution is -2.55. The predicted molar refractivity (Wildman–Crippen MR) is 115 cm³/mol. The summed E-state index contributed by atoms with van der Waals surface area (Å²) in [4.78, 5) is 17.4. The maximum absolute atomic E-state index is 12.5. The summed E-state index contributed by atoms with van der Waals surface area (Å²) in [5.74, 6) is 0.144. The highest BCUT2D eigenvalue weighted by Crippen LogP contribution is 2.29. The standard InChI is InChI=1S/C24H33N3O/c1-4-19(2)25-24(28)20(3)26-15-17-27(18-16-26)23(21-11-7-5-8-12-21)22-13-9-6-10-14-22/h5-14,19-20,23H,4,15-18H2,1-3H3,(H,25,28)/t19-,20+/m0/s1. The number of rotatable bonds is 7. The Labute approximate surface area is 169 Å². The third kappa shape index (κ3) is 5.00. The zero-order valence-electron chi connectivity index (χ0n) is 17.3. The van der Waals surface area contributed by atoms with Gasteiger partial charge in [-0.15, -0.1) is 0 Å². The number of hydrogen-bond donors (Lipinski definition) is 1. The van der Waals surface area contributed by atoms with E-state index in [0.717, 1.165) is 32.6 Å². The van der Waals surface area contributed by atoms with Gasteiger partial charge in [-0.25, -0.2) is 0 Å². The second kappa shape index (κ2) is 9.85. The lowest BCUT2D eigenvalue weighted by atomic mass is 9.96. The molecule has 1 N–H and O–H groups in total. The topological polar surface area (TPSA) is 35.6 Å². The second-order valence-corrected chi connectivity index (χ2v) is 7.79. The molecule has 2 atom stereocenters. The number of piperazine rings is 1. The molecule has 4 heteroatoms. The molecule has 3 rings (SSSR count). The molecule has 1 heterocycles. The van der Waals surface area contributed by atoms with Gasteiger partial charge in [0.15, 0.2) is 0 Å². The number of carbonyl (C=O) groups excluding carboxylic acids is 1. The number of amides is 1. The van der Waals surface area contributed by atoms with Crippen LogP contribution in [0.3, 0.4) is 0 Å². The van der Waals surface area contributed by atoms with Crippen molar-refractivity contribution in [2.75, 3.05) is 26.2 Å². The Morgan fingerprint density at radius 2 is 1.32 bits per heavy atom. The molecule has 0 unspecified atom stereocenters. The normalized spacial score (nSPS) is 18.0. The van der Waals surface area contributed by atoms with E-state index in [2.05, 4.69) is 89.6 Å². The Kier molecular flexibility index (Phi) is 7.24. The molecule has 2 aromatic rings. The molecule has 2 aromatic carbocycles. The molecule has 0 aromatic heterocycles. The van der Waals surface area contributed by atoms with Gasteiger partial charge in [0.25, 0.3) is 0 Å². The Bertz CT molecular complexity index is 687. The minimum absolute atomic E-state index is 0.0805. The van der Waals surface area contributed by atoms with Crippen LogP contribution in [-0.2, 0) is 4.79 Å². The van der Waals surface area contributed by atoms with Crippen LogP contribution in [0.1, 0.15) is 44.4 Å². The number of nitrogens with one attached hydrogen (secondary N) is 1. The van der Waals surface area contributed by atoms with Crippen molar-refractivity contribution >= 4 is 5.91 Å². The van der Waals surface area contributed by atoms with Crippen LogP contribution >= 0.6 is 0 Å². The van der Waals surface area contributed by atoms with Gasteiger partial charge in [0.1, 0.15) is 0 Å².